The van der Waals surface area contributed by atoms with E-state index in [4.69, 9.17) is 10.5 Å². The largest absolute Gasteiger partial charge is 0.495 e. The van der Waals surface area contributed by atoms with E-state index in [2.05, 4.69) is 11.0 Å². The summed E-state index contributed by atoms with van der Waals surface area (Å²) in [6.07, 6.45) is 1.61. The Morgan fingerprint density at radius 1 is 1.08 bits per heavy atom. The zero-order valence-electron chi connectivity index (χ0n) is 15.4. The third-order valence-corrected chi connectivity index (χ3v) is 5.33. The molecule has 0 saturated carbocycles. The average molecular weight is 360 g/mol. The van der Waals surface area contributed by atoms with Gasteiger partial charge in [-0.3, -0.25) is 14.5 Å². The molecule has 7 heteroatoms. The number of rotatable bonds is 5. The minimum atomic E-state index is -0.303. The van der Waals surface area contributed by atoms with Crippen molar-refractivity contribution >= 4 is 17.5 Å². The first kappa shape index (κ1) is 18.5. The maximum atomic E-state index is 12.8. The molecule has 2 amide bonds. The van der Waals surface area contributed by atoms with E-state index in [9.17, 15) is 9.59 Å². The van der Waals surface area contributed by atoms with Gasteiger partial charge in [-0.05, 0) is 38.1 Å². The van der Waals surface area contributed by atoms with Crippen molar-refractivity contribution in [2.45, 2.75) is 12.8 Å². The topological polar surface area (TPSA) is 79.1 Å². The molecule has 2 aliphatic rings. The fourth-order valence-electron chi connectivity index (χ4n) is 3.88. The summed E-state index contributed by atoms with van der Waals surface area (Å²) in [4.78, 5) is 30.1. The zero-order valence-corrected chi connectivity index (χ0v) is 15.4. The number of nitrogens with two attached hydrogens (primary N) is 1. The number of piperidine rings is 1. The van der Waals surface area contributed by atoms with Crippen LogP contribution in [0.1, 0.15) is 12.8 Å². The van der Waals surface area contributed by atoms with Gasteiger partial charge >= 0.3 is 0 Å². The lowest BCUT2D eigenvalue weighted by Gasteiger charge is -2.39. The van der Waals surface area contributed by atoms with Gasteiger partial charge in [0.2, 0.25) is 11.8 Å². The fourth-order valence-corrected chi connectivity index (χ4v) is 3.88. The Balaban J connectivity index is 1.50. The second kappa shape index (κ2) is 8.40. The third-order valence-electron chi connectivity index (χ3n) is 5.33. The van der Waals surface area contributed by atoms with Crippen LogP contribution in [-0.4, -0.2) is 74.5 Å². The van der Waals surface area contributed by atoms with Gasteiger partial charge in [-0.25, -0.2) is 0 Å². The lowest BCUT2D eigenvalue weighted by Crippen LogP contribution is -2.52. The molecule has 0 atom stereocenters. The Morgan fingerprint density at radius 3 is 2.35 bits per heavy atom. The number of likely N-dealkylation sites (tertiary alicyclic amines) is 1. The number of amides is 2. The molecule has 2 fully saturated rings. The van der Waals surface area contributed by atoms with Gasteiger partial charge < -0.3 is 20.3 Å². The fraction of sp³-hybridized carbons (Fsp3) is 0.579. The van der Waals surface area contributed by atoms with Gasteiger partial charge in [0.15, 0.2) is 0 Å². The van der Waals surface area contributed by atoms with Crippen LogP contribution in [0.4, 0.5) is 5.69 Å². The third kappa shape index (κ3) is 4.27. The molecule has 0 spiro atoms. The van der Waals surface area contributed by atoms with Gasteiger partial charge in [0.25, 0.3) is 0 Å². The van der Waals surface area contributed by atoms with Gasteiger partial charge in [-0.1, -0.05) is 12.1 Å². The molecule has 0 aliphatic carbocycles. The molecule has 0 aromatic heterocycles. The summed E-state index contributed by atoms with van der Waals surface area (Å²) in [5.41, 5.74) is 6.33. The number of primary amides is 1. The Hall–Kier alpha value is -2.28. The number of methoxy groups -OCH3 is 1. The summed E-state index contributed by atoms with van der Waals surface area (Å²) in [7, 11) is 1.68. The van der Waals surface area contributed by atoms with Crippen LogP contribution in [-0.2, 0) is 9.59 Å². The smallest absolute Gasteiger partial charge is 0.231 e. The Labute approximate surface area is 154 Å². The van der Waals surface area contributed by atoms with Crippen molar-refractivity contribution in [3.63, 3.8) is 0 Å². The molecule has 2 N–H and O–H groups in total. The molecule has 7 nitrogen and oxygen atoms in total. The Kier molecular flexibility index (Phi) is 5.98. The zero-order chi connectivity index (χ0) is 18.5. The maximum Gasteiger partial charge on any atom is 0.231 e. The summed E-state index contributed by atoms with van der Waals surface area (Å²) in [5.74, 6) is 0.886. The van der Waals surface area contributed by atoms with Crippen molar-refractivity contribution in [3.05, 3.63) is 24.3 Å². The van der Waals surface area contributed by atoms with Crippen LogP contribution >= 0.6 is 0 Å². The summed E-state index contributed by atoms with van der Waals surface area (Å²) >= 11 is 0. The number of nitrogens with zero attached hydrogens (tertiary/aromatic N) is 3. The van der Waals surface area contributed by atoms with E-state index in [1.165, 1.54) is 0 Å². The van der Waals surface area contributed by atoms with Crippen molar-refractivity contribution in [3.8, 4) is 5.75 Å². The molecule has 2 heterocycles. The normalized spacial score (nSPS) is 19.4. The molecule has 0 radical (unpaired) electrons. The minimum Gasteiger partial charge on any atom is -0.495 e. The molecule has 3 rings (SSSR count). The predicted octanol–water partition coefficient (Wildman–Crippen LogP) is 0.541. The van der Waals surface area contributed by atoms with Gasteiger partial charge in [0, 0.05) is 32.1 Å². The Bertz CT molecular complexity index is 635. The highest BCUT2D eigenvalue weighted by atomic mass is 16.5. The van der Waals surface area contributed by atoms with Crippen molar-refractivity contribution in [2.24, 2.45) is 11.7 Å². The first-order valence-electron chi connectivity index (χ1n) is 9.26. The molecule has 2 aliphatic heterocycles. The van der Waals surface area contributed by atoms with Gasteiger partial charge in [0.05, 0.1) is 19.3 Å². The lowest BCUT2D eigenvalue weighted by atomic mass is 9.95. The predicted molar refractivity (Wildman–Crippen MR) is 100 cm³/mol. The van der Waals surface area contributed by atoms with Gasteiger partial charge in [-0.15, -0.1) is 0 Å². The minimum absolute atomic E-state index is 0.0666. The number of benzene rings is 1. The van der Waals surface area contributed by atoms with Crippen LogP contribution in [0.15, 0.2) is 24.3 Å². The van der Waals surface area contributed by atoms with Crippen molar-refractivity contribution < 1.29 is 14.3 Å². The van der Waals surface area contributed by atoms with Crippen molar-refractivity contribution in [1.82, 2.24) is 9.80 Å². The standard InChI is InChI=1S/C19H28N4O3/c1-26-17-5-3-2-4-16(17)22-10-12-23(13-11-22)19(25)15-6-8-21(9-7-15)14-18(20)24/h2-5,15H,6-14H2,1H3,(H2,20,24). The number of para-hydroxylation sites is 2. The quantitative estimate of drug-likeness (QED) is 0.829. The summed E-state index contributed by atoms with van der Waals surface area (Å²) in [5, 5.41) is 0. The number of anilines is 1. The Morgan fingerprint density at radius 2 is 1.73 bits per heavy atom. The van der Waals surface area contributed by atoms with E-state index in [-0.39, 0.29) is 17.7 Å². The number of piperazine rings is 1. The van der Waals surface area contributed by atoms with E-state index in [0.29, 0.717) is 6.54 Å². The highest BCUT2D eigenvalue weighted by Gasteiger charge is 2.31. The molecule has 1 aromatic carbocycles. The maximum absolute atomic E-state index is 12.8. The number of carbonyl (C=O) groups is 2. The first-order valence-corrected chi connectivity index (χ1v) is 9.26. The first-order chi connectivity index (χ1) is 12.6. The molecular formula is C19H28N4O3. The second-order valence-corrected chi connectivity index (χ2v) is 7.00. The van der Waals surface area contributed by atoms with Crippen LogP contribution in [0.5, 0.6) is 5.75 Å². The van der Waals surface area contributed by atoms with E-state index >= 15 is 0 Å². The number of hydrogen-bond acceptors (Lipinski definition) is 5. The molecular weight excluding hydrogens is 332 g/mol. The molecule has 26 heavy (non-hydrogen) atoms. The van der Waals surface area contributed by atoms with Crippen LogP contribution in [0.25, 0.3) is 0 Å². The van der Waals surface area contributed by atoms with Crippen molar-refractivity contribution in [1.29, 1.82) is 0 Å². The van der Waals surface area contributed by atoms with Crippen molar-refractivity contribution in [2.75, 3.05) is 57.8 Å². The second-order valence-electron chi connectivity index (χ2n) is 7.00. The summed E-state index contributed by atoms with van der Waals surface area (Å²) in [6, 6.07) is 8.00. The molecule has 142 valence electrons. The number of carbonyl (C=O) groups excluding carboxylic acids is 2. The van der Waals surface area contributed by atoms with Crippen LogP contribution in [0.3, 0.4) is 0 Å². The SMILES string of the molecule is COc1ccccc1N1CCN(C(=O)C2CCN(CC(N)=O)CC2)CC1. The van der Waals surface area contributed by atoms with Crippen LogP contribution < -0.4 is 15.4 Å². The van der Waals surface area contributed by atoms with E-state index in [1.54, 1.807) is 7.11 Å². The molecule has 0 unspecified atom stereocenters. The molecule has 0 bridgehead atoms. The van der Waals surface area contributed by atoms with Gasteiger partial charge in [0.1, 0.15) is 5.75 Å². The summed E-state index contributed by atoms with van der Waals surface area (Å²) < 4.78 is 5.45. The lowest BCUT2D eigenvalue weighted by molar-refractivity contribution is -0.137. The monoisotopic (exact) mass is 360 g/mol. The van der Waals surface area contributed by atoms with E-state index in [0.717, 1.165) is 63.5 Å². The summed E-state index contributed by atoms with van der Waals surface area (Å²) in [6.45, 7) is 4.91. The molecule has 2 saturated heterocycles. The average Bonchev–Trinajstić information content (AvgIpc) is 2.67. The van der Waals surface area contributed by atoms with Crippen LogP contribution in [0.2, 0.25) is 0 Å². The molecule has 1 aromatic rings. The van der Waals surface area contributed by atoms with Gasteiger partial charge in [-0.2, -0.15) is 0 Å². The van der Waals surface area contributed by atoms with E-state index < -0.39 is 0 Å². The number of ether oxygens (including phenoxy) is 1. The van der Waals surface area contributed by atoms with Crippen LogP contribution in [0, 0.1) is 5.92 Å². The highest BCUT2D eigenvalue weighted by molar-refractivity contribution is 5.79. The van der Waals surface area contributed by atoms with E-state index in [1.807, 2.05) is 28.0 Å². The number of hydrogen-bond donors (Lipinski definition) is 1. The highest BCUT2D eigenvalue weighted by Crippen LogP contribution is 2.29.